The van der Waals surface area contributed by atoms with Crippen molar-refractivity contribution < 1.29 is 0 Å². The fourth-order valence-electron chi connectivity index (χ4n) is 1.12. The van der Waals surface area contributed by atoms with E-state index >= 15 is 0 Å². The van der Waals surface area contributed by atoms with Gasteiger partial charge in [-0.05, 0) is 6.07 Å². The van der Waals surface area contributed by atoms with Crippen LogP contribution in [-0.4, -0.2) is 9.97 Å². The molecule has 0 radical (unpaired) electrons. The number of nitrogens with zero attached hydrogens (tertiary/aromatic N) is 2. The molecule has 2 aromatic heterocycles. The van der Waals surface area contributed by atoms with Crippen molar-refractivity contribution >= 4 is 16.7 Å². The number of rotatable bonds is 0. The van der Waals surface area contributed by atoms with Crippen molar-refractivity contribution in [2.75, 3.05) is 5.73 Å². The van der Waals surface area contributed by atoms with Crippen LogP contribution in [0.5, 0.6) is 0 Å². The fourth-order valence-corrected chi connectivity index (χ4v) is 1.12. The topological polar surface area (TPSA) is 78.5 Å². The van der Waals surface area contributed by atoms with E-state index in [1.165, 1.54) is 6.20 Å². The lowest BCUT2D eigenvalue weighted by atomic mass is 10.2. The first kappa shape index (κ1) is 6.68. The van der Waals surface area contributed by atoms with Gasteiger partial charge in [-0.2, -0.15) is 5.26 Å². The third-order valence-electron chi connectivity index (χ3n) is 1.75. The number of H-pyrrole nitrogens is 1. The summed E-state index contributed by atoms with van der Waals surface area (Å²) in [5.74, 6) is 0. The molecule has 12 heavy (non-hydrogen) atoms. The van der Waals surface area contributed by atoms with Crippen LogP contribution in [-0.2, 0) is 0 Å². The van der Waals surface area contributed by atoms with Gasteiger partial charge in [0.05, 0.1) is 11.3 Å². The molecule has 2 rings (SSSR count). The molecule has 2 aromatic rings. The Balaban J connectivity index is 2.89. The summed E-state index contributed by atoms with van der Waals surface area (Å²) in [7, 11) is 0. The molecule has 0 spiro atoms. The Bertz CT molecular complexity index is 463. The fraction of sp³-hybridized carbons (Fsp3) is 0. The van der Waals surface area contributed by atoms with E-state index in [1.807, 2.05) is 6.07 Å². The standard InChI is InChI=1S/C8H6N4/c9-3-5-4-12-8-6(7(5)10)1-2-11-8/h1-2,4H,(H3,10,11,12). The molecular formula is C8H6N4. The van der Waals surface area contributed by atoms with Crippen LogP contribution in [0.3, 0.4) is 0 Å². The van der Waals surface area contributed by atoms with Crippen LogP contribution in [0, 0.1) is 11.3 Å². The number of nitriles is 1. The number of nitrogens with one attached hydrogen (secondary N) is 1. The number of pyridine rings is 1. The van der Waals surface area contributed by atoms with Crippen molar-refractivity contribution in [3.05, 3.63) is 24.0 Å². The van der Waals surface area contributed by atoms with Crippen LogP contribution < -0.4 is 5.73 Å². The van der Waals surface area contributed by atoms with E-state index in [4.69, 9.17) is 11.0 Å². The molecular weight excluding hydrogens is 152 g/mol. The number of aromatic amines is 1. The van der Waals surface area contributed by atoms with E-state index in [0.29, 0.717) is 16.9 Å². The number of hydrogen-bond donors (Lipinski definition) is 2. The Hall–Kier alpha value is -2.02. The van der Waals surface area contributed by atoms with Gasteiger partial charge in [-0.15, -0.1) is 0 Å². The van der Waals surface area contributed by atoms with Gasteiger partial charge in [-0.1, -0.05) is 0 Å². The van der Waals surface area contributed by atoms with Crippen molar-refractivity contribution in [3.63, 3.8) is 0 Å². The van der Waals surface area contributed by atoms with E-state index in [0.717, 1.165) is 5.39 Å². The highest BCUT2D eigenvalue weighted by Gasteiger charge is 2.04. The molecule has 0 aliphatic heterocycles. The van der Waals surface area contributed by atoms with Crippen molar-refractivity contribution in [3.8, 4) is 6.07 Å². The number of fused-ring (bicyclic) bond motifs is 1. The normalized spacial score (nSPS) is 9.92. The Labute approximate surface area is 68.6 Å². The van der Waals surface area contributed by atoms with Crippen LogP contribution >= 0.6 is 0 Å². The Morgan fingerprint density at radius 2 is 2.42 bits per heavy atom. The summed E-state index contributed by atoms with van der Waals surface area (Å²) in [6.07, 6.45) is 3.21. The zero-order valence-electron chi connectivity index (χ0n) is 6.20. The van der Waals surface area contributed by atoms with Gasteiger partial charge in [0.1, 0.15) is 11.7 Å². The minimum absolute atomic E-state index is 0.419. The molecule has 0 bridgehead atoms. The number of nitrogens with two attached hydrogens (primary N) is 1. The molecule has 0 fully saturated rings. The molecule has 0 amide bonds. The van der Waals surface area contributed by atoms with Crippen LogP contribution in [0.15, 0.2) is 18.5 Å². The average molecular weight is 158 g/mol. The Morgan fingerprint density at radius 1 is 1.58 bits per heavy atom. The number of hydrogen-bond acceptors (Lipinski definition) is 3. The number of anilines is 1. The summed E-state index contributed by atoms with van der Waals surface area (Å²) in [4.78, 5) is 6.93. The minimum atomic E-state index is 0.419. The molecule has 0 aromatic carbocycles. The average Bonchev–Trinajstić information content (AvgIpc) is 2.53. The largest absolute Gasteiger partial charge is 0.397 e. The summed E-state index contributed by atoms with van der Waals surface area (Å²) >= 11 is 0. The van der Waals surface area contributed by atoms with Crippen LogP contribution in [0.1, 0.15) is 5.56 Å². The van der Waals surface area contributed by atoms with Gasteiger partial charge in [-0.3, -0.25) is 0 Å². The van der Waals surface area contributed by atoms with Gasteiger partial charge >= 0.3 is 0 Å². The maximum atomic E-state index is 8.64. The van der Waals surface area contributed by atoms with Gasteiger partial charge in [0.15, 0.2) is 0 Å². The zero-order chi connectivity index (χ0) is 8.55. The lowest BCUT2D eigenvalue weighted by Crippen LogP contribution is -1.92. The predicted molar refractivity (Wildman–Crippen MR) is 45.2 cm³/mol. The molecule has 0 saturated carbocycles. The second-order valence-corrected chi connectivity index (χ2v) is 2.44. The Morgan fingerprint density at radius 3 is 3.17 bits per heavy atom. The first-order chi connectivity index (χ1) is 5.83. The van der Waals surface area contributed by atoms with Gasteiger partial charge in [0.25, 0.3) is 0 Å². The third kappa shape index (κ3) is 0.736. The van der Waals surface area contributed by atoms with Gasteiger partial charge < -0.3 is 10.7 Å². The van der Waals surface area contributed by atoms with E-state index in [1.54, 1.807) is 12.3 Å². The van der Waals surface area contributed by atoms with Crippen LogP contribution in [0.4, 0.5) is 5.69 Å². The van der Waals surface area contributed by atoms with Gasteiger partial charge in [-0.25, -0.2) is 4.98 Å². The van der Waals surface area contributed by atoms with Crippen molar-refractivity contribution in [2.45, 2.75) is 0 Å². The molecule has 0 saturated heterocycles. The number of nitrogen functional groups attached to an aromatic ring is 1. The zero-order valence-corrected chi connectivity index (χ0v) is 6.20. The predicted octanol–water partition coefficient (Wildman–Crippen LogP) is 1.02. The molecule has 4 heteroatoms. The lowest BCUT2D eigenvalue weighted by Gasteiger charge is -1.96. The molecule has 2 heterocycles. The smallest absolute Gasteiger partial charge is 0.139 e. The first-order valence-corrected chi connectivity index (χ1v) is 3.44. The molecule has 3 N–H and O–H groups in total. The summed E-state index contributed by atoms with van der Waals surface area (Å²) in [5, 5.41) is 9.44. The van der Waals surface area contributed by atoms with E-state index in [2.05, 4.69) is 9.97 Å². The lowest BCUT2D eigenvalue weighted by molar-refractivity contribution is 1.31. The highest BCUT2D eigenvalue weighted by Crippen LogP contribution is 2.20. The second kappa shape index (κ2) is 2.24. The molecule has 0 aliphatic carbocycles. The van der Waals surface area contributed by atoms with E-state index < -0.39 is 0 Å². The SMILES string of the molecule is N#Cc1cnc2[nH]ccc2c1N. The van der Waals surface area contributed by atoms with Crippen LogP contribution in [0.25, 0.3) is 11.0 Å². The highest BCUT2D eigenvalue weighted by molar-refractivity contribution is 5.90. The van der Waals surface area contributed by atoms with Gasteiger partial charge in [0.2, 0.25) is 0 Å². The molecule has 58 valence electrons. The van der Waals surface area contributed by atoms with E-state index in [9.17, 15) is 0 Å². The maximum absolute atomic E-state index is 8.64. The monoisotopic (exact) mass is 158 g/mol. The minimum Gasteiger partial charge on any atom is -0.397 e. The Kier molecular flexibility index (Phi) is 1.25. The first-order valence-electron chi connectivity index (χ1n) is 3.44. The van der Waals surface area contributed by atoms with Crippen molar-refractivity contribution in [1.29, 1.82) is 5.26 Å². The van der Waals surface area contributed by atoms with E-state index in [-0.39, 0.29) is 0 Å². The van der Waals surface area contributed by atoms with Crippen LogP contribution in [0.2, 0.25) is 0 Å². The summed E-state index contributed by atoms with van der Waals surface area (Å²) in [6, 6.07) is 3.78. The quantitative estimate of drug-likeness (QED) is 0.600. The summed E-state index contributed by atoms with van der Waals surface area (Å²) in [6.45, 7) is 0. The van der Waals surface area contributed by atoms with Gasteiger partial charge in [0, 0.05) is 17.8 Å². The van der Waals surface area contributed by atoms with Crippen molar-refractivity contribution in [1.82, 2.24) is 9.97 Å². The van der Waals surface area contributed by atoms with Crippen molar-refractivity contribution in [2.24, 2.45) is 0 Å². The summed E-state index contributed by atoms with van der Waals surface area (Å²) in [5.41, 5.74) is 7.31. The summed E-state index contributed by atoms with van der Waals surface area (Å²) < 4.78 is 0. The third-order valence-corrected chi connectivity index (χ3v) is 1.75. The molecule has 0 unspecified atom stereocenters. The molecule has 0 aliphatic rings. The molecule has 0 atom stereocenters. The molecule has 4 nitrogen and oxygen atoms in total. The maximum Gasteiger partial charge on any atom is 0.139 e. The second-order valence-electron chi connectivity index (χ2n) is 2.44. The highest BCUT2D eigenvalue weighted by atomic mass is 14.8. The number of aromatic nitrogens is 2.